The fourth-order valence-electron chi connectivity index (χ4n) is 2.62. The highest BCUT2D eigenvalue weighted by Gasteiger charge is 2.29. The normalized spacial score (nSPS) is 17.9. The Morgan fingerprint density at radius 3 is 2.80 bits per heavy atom. The molecule has 1 aromatic rings. The molecule has 0 saturated heterocycles. The van der Waals surface area contributed by atoms with Crippen LogP contribution in [0.2, 0.25) is 0 Å². The van der Waals surface area contributed by atoms with Crippen molar-refractivity contribution in [3.8, 4) is 5.75 Å². The Labute approximate surface area is 123 Å². The highest BCUT2D eigenvalue weighted by atomic mass is 16.5. The number of hydrogen-bond acceptors (Lipinski definition) is 3. The van der Waals surface area contributed by atoms with Crippen LogP contribution in [0, 0.1) is 0 Å². The highest BCUT2D eigenvalue weighted by Crippen LogP contribution is 2.35. The first kappa shape index (κ1) is 15.3. The van der Waals surface area contributed by atoms with E-state index in [-0.39, 0.29) is 5.60 Å². The third-order valence-electron chi connectivity index (χ3n) is 3.79. The maximum Gasteiger partial charge on any atom is 0.123 e. The lowest BCUT2D eigenvalue weighted by molar-refractivity contribution is 0.138. The second-order valence-electron chi connectivity index (χ2n) is 6.85. The molecular weight excluding hydrogens is 248 g/mol. The molecule has 0 amide bonds. The maximum atomic E-state index is 5.91. The van der Waals surface area contributed by atoms with Crippen LogP contribution < -0.4 is 10.1 Å². The fraction of sp³-hybridized carbons (Fsp3) is 0.647. The molecule has 1 unspecified atom stereocenters. The van der Waals surface area contributed by atoms with E-state index >= 15 is 0 Å². The van der Waals surface area contributed by atoms with Crippen molar-refractivity contribution in [3.63, 3.8) is 0 Å². The average Bonchev–Trinajstić information content (AvgIpc) is 2.66. The standard InChI is InChI=1S/C17H28N2O/c1-13(8-9-19(4)5)18-12-14-6-7-16-15(10-14)11-17(2,3)20-16/h6-7,10,13,18H,8-9,11-12H2,1-5H3. The van der Waals surface area contributed by atoms with Crippen LogP contribution in [0.15, 0.2) is 18.2 Å². The molecule has 1 N–H and O–H groups in total. The van der Waals surface area contributed by atoms with E-state index in [9.17, 15) is 0 Å². The summed E-state index contributed by atoms with van der Waals surface area (Å²) < 4.78 is 5.91. The van der Waals surface area contributed by atoms with Gasteiger partial charge in [0, 0.05) is 19.0 Å². The van der Waals surface area contributed by atoms with E-state index in [1.54, 1.807) is 0 Å². The third kappa shape index (κ3) is 4.22. The van der Waals surface area contributed by atoms with Gasteiger partial charge in [-0.2, -0.15) is 0 Å². The Kier molecular flexibility index (Phi) is 4.71. The molecule has 20 heavy (non-hydrogen) atoms. The van der Waals surface area contributed by atoms with E-state index in [4.69, 9.17) is 4.74 Å². The van der Waals surface area contributed by atoms with Crippen molar-refractivity contribution < 1.29 is 4.74 Å². The van der Waals surface area contributed by atoms with Gasteiger partial charge in [-0.25, -0.2) is 0 Å². The number of nitrogens with one attached hydrogen (secondary N) is 1. The fourth-order valence-corrected chi connectivity index (χ4v) is 2.62. The first-order chi connectivity index (χ1) is 9.35. The summed E-state index contributed by atoms with van der Waals surface area (Å²) in [5.74, 6) is 1.06. The van der Waals surface area contributed by atoms with Crippen LogP contribution in [-0.4, -0.2) is 37.2 Å². The molecule has 1 aliphatic rings. The molecule has 0 aromatic heterocycles. The Balaban J connectivity index is 1.86. The van der Waals surface area contributed by atoms with Crippen LogP contribution in [-0.2, 0) is 13.0 Å². The largest absolute Gasteiger partial charge is 0.487 e. The van der Waals surface area contributed by atoms with Crippen LogP contribution >= 0.6 is 0 Å². The van der Waals surface area contributed by atoms with Crippen LogP contribution in [0.25, 0.3) is 0 Å². The van der Waals surface area contributed by atoms with Gasteiger partial charge >= 0.3 is 0 Å². The minimum Gasteiger partial charge on any atom is -0.487 e. The van der Waals surface area contributed by atoms with E-state index < -0.39 is 0 Å². The Hall–Kier alpha value is -1.06. The van der Waals surface area contributed by atoms with E-state index in [2.05, 4.69) is 63.3 Å². The second-order valence-corrected chi connectivity index (χ2v) is 6.85. The SMILES string of the molecule is CC(CCN(C)C)NCc1ccc2c(c1)CC(C)(C)O2. The lowest BCUT2D eigenvalue weighted by atomic mass is 10.00. The molecular formula is C17H28N2O. The minimum absolute atomic E-state index is 0.0482. The zero-order valence-electron chi connectivity index (χ0n) is 13.5. The van der Waals surface area contributed by atoms with Crippen LogP contribution in [0.4, 0.5) is 0 Å². The predicted octanol–water partition coefficient (Wildman–Crippen LogP) is 2.83. The molecule has 0 aliphatic carbocycles. The molecule has 0 fully saturated rings. The zero-order chi connectivity index (χ0) is 14.8. The number of benzene rings is 1. The van der Waals surface area contributed by atoms with Crippen molar-refractivity contribution in [1.29, 1.82) is 0 Å². The maximum absolute atomic E-state index is 5.91. The topological polar surface area (TPSA) is 24.5 Å². The second kappa shape index (κ2) is 6.15. The number of fused-ring (bicyclic) bond motifs is 1. The summed E-state index contributed by atoms with van der Waals surface area (Å²) in [5.41, 5.74) is 2.64. The molecule has 0 bridgehead atoms. The van der Waals surface area contributed by atoms with Crippen molar-refractivity contribution in [2.45, 2.75) is 51.8 Å². The van der Waals surface area contributed by atoms with Gasteiger partial charge in [-0.05, 0) is 65.0 Å². The molecule has 3 heteroatoms. The van der Waals surface area contributed by atoms with Crippen LogP contribution in [0.1, 0.15) is 38.3 Å². The molecule has 2 rings (SSSR count). The first-order valence-corrected chi connectivity index (χ1v) is 7.55. The molecule has 1 aromatic carbocycles. The number of hydrogen-bond donors (Lipinski definition) is 1. The van der Waals surface area contributed by atoms with E-state index in [1.165, 1.54) is 17.5 Å². The lowest BCUT2D eigenvalue weighted by Crippen LogP contribution is -2.29. The van der Waals surface area contributed by atoms with Gasteiger partial charge < -0.3 is 15.0 Å². The van der Waals surface area contributed by atoms with Crippen molar-refractivity contribution in [1.82, 2.24) is 10.2 Å². The van der Waals surface area contributed by atoms with Gasteiger partial charge in [-0.15, -0.1) is 0 Å². The van der Waals surface area contributed by atoms with Gasteiger partial charge in [0.1, 0.15) is 11.4 Å². The van der Waals surface area contributed by atoms with Crippen molar-refractivity contribution in [2.24, 2.45) is 0 Å². The minimum atomic E-state index is -0.0482. The molecule has 0 radical (unpaired) electrons. The van der Waals surface area contributed by atoms with E-state index in [0.717, 1.165) is 25.3 Å². The van der Waals surface area contributed by atoms with E-state index in [0.29, 0.717) is 6.04 Å². The number of nitrogens with zero attached hydrogens (tertiary/aromatic N) is 1. The van der Waals surface area contributed by atoms with Gasteiger partial charge in [0.25, 0.3) is 0 Å². The monoisotopic (exact) mass is 276 g/mol. The van der Waals surface area contributed by atoms with Gasteiger partial charge in [0.05, 0.1) is 0 Å². The summed E-state index contributed by atoms with van der Waals surface area (Å²) in [7, 11) is 4.24. The zero-order valence-corrected chi connectivity index (χ0v) is 13.5. The third-order valence-corrected chi connectivity index (χ3v) is 3.79. The smallest absolute Gasteiger partial charge is 0.123 e. The van der Waals surface area contributed by atoms with Crippen LogP contribution in [0.3, 0.4) is 0 Å². The van der Waals surface area contributed by atoms with Gasteiger partial charge in [-0.3, -0.25) is 0 Å². The summed E-state index contributed by atoms with van der Waals surface area (Å²) in [6.07, 6.45) is 2.18. The molecule has 3 nitrogen and oxygen atoms in total. The summed E-state index contributed by atoms with van der Waals surface area (Å²) in [5, 5.41) is 3.60. The van der Waals surface area contributed by atoms with Crippen molar-refractivity contribution in [3.05, 3.63) is 29.3 Å². The van der Waals surface area contributed by atoms with Gasteiger partial charge in [-0.1, -0.05) is 12.1 Å². The van der Waals surface area contributed by atoms with Crippen LogP contribution in [0.5, 0.6) is 5.75 Å². The molecule has 1 aliphatic heterocycles. The molecule has 1 heterocycles. The molecule has 112 valence electrons. The Morgan fingerprint density at radius 2 is 2.10 bits per heavy atom. The molecule has 0 spiro atoms. The lowest BCUT2D eigenvalue weighted by Gasteiger charge is -2.17. The number of rotatable bonds is 6. The summed E-state index contributed by atoms with van der Waals surface area (Å²) >= 11 is 0. The van der Waals surface area contributed by atoms with Crippen molar-refractivity contribution >= 4 is 0 Å². The predicted molar refractivity (Wildman–Crippen MR) is 84.3 cm³/mol. The number of ether oxygens (including phenoxy) is 1. The summed E-state index contributed by atoms with van der Waals surface area (Å²) in [6.45, 7) is 8.61. The van der Waals surface area contributed by atoms with Gasteiger partial charge in [0.15, 0.2) is 0 Å². The Bertz CT molecular complexity index is 454. The highest BCUT2D eigenvalue weighted by molar-refractivity contribution is 5.41. The quantitative estimate of drug-likeness (QED) is 0.864. The molecule has 0 saturated carbocycles. The Morgan fingerprint density at radius 1 is 1.35 bits per heavy atom. The summed E-state index contributed by atoms with van der Waals surface area (Å²) in [4.78, 5) is 2.23. The average molecular weight is 276 g/mol. The summed E-state index contributed by atoms with van der Waals surface area (Å²) in [6, 6.07) is 7.12. The van der Waals surface area contributed by atoms with Gasteiger partial charge in [0.2, 0.25) is 0 Å². The van der Waals surface area contributed by atoms with Crippen molar-refractivity contribution in [2.75, 3.05) is 20.6 Å². The molecule has 1 atom stereocenters. The first-order valence-electron chi connectivity index (χ1n) is 7.55. The van der Waals surface area contributed by atoms with E-state index in [1.807, 2.05) is 0 Å².